The van der Waals surface area contributed by atoms with Gasteiger partial charge in [0.25, 0.3) is 0 Å². The van der Waals surface area contributed by atoms with Crippen LogP contribution in [0, 0.1) is 0 Å². The minimum absolute atomic E-state index is 0.121. The van der Waals surface area contributed by atoms with E-state index in [0.29, 0.717) is 11.8 Å². The molecule has 1 heterocycles. The third-order valence-electron chi connectivity index (χ3n) is 2.67. The molecule has 1 saturated heterocycles. The molecule has 1 unspecified atom stereocenters. The second-order valence-corrected chi connectivity index (χ2v) is 7.65. The molecule has 2 rings (SSSR count). The smallest absolute Gasteiger partial charge is 0.154 e. The highest BCUT2D eigenvalue weighted by atomic mass is 79.9. The Morgan fingerprint density at radius 2 is 2.18 bits per heavy atom. The molecule has 0 radical (unpaired) electrons. The molecular formula is C11H12Br2O3S. The highest BCUT2D eigenvalue weighted by molar-refractivity contribution is 9.10. The molecule has 1 aliphatic rings. The highest BCUT2D eigenvalue weighted by Crippen LogP contribution is 2.32. The van der Waals surface area contributed by atoms with E-state index in [4.69, 9.17) is 4.74 Å². The molecule has 1 aliphatic heterocycles. The second kappa shape index (κ2) is 5.28. The molecule has 0 amide bonds. The van der Waals surface area contributed by atoms with Crippen LogP contribution in [-0.2, 0) is 15.2 Å². The molecular weight excluding hydrogens is 372 g/mol. The van der Waals surface area contributed by atoms with Gasteiger partial charge in [-0.25, -0.2) is 8.42 Å². The summed E-state index contributed by atoms with van der Waals surface area (Å²) < 4.78 is 29.4. The van der Waals surface area contributed by atoms with Gasteiger partial charge in [0.05, 0.1) is 16.0 Å². The van der Waals surface area contributed by atoms with Crippen molar-refractivity contribution in [2.45, 2.75) is 17.9 Å². The first-order valence-corrected chi connectivity index (χ1v) is 8.96. The van der Waals surface area contributed by atoms with Gasteiger partial charge in [-0.05, 0) is 28.4 Å². The van der Waals surface area contributed by atoms with E-state index in [9.17, 15) is 8.42 Å². The minimum atomic E-state index is -2.90. The molecule has 1 atom stereocenters. The maximum absolute atomic E-state index is 11.4. The van der Waals surface area contributed by atoms with Gasteiger partial charge in [0.2, 0.25) is 0 Å². The van der Waals surface area contributed by atoms with E-state index in [1.165, 1.54) is 0 Å². The number of benzene rings is 1. The Hall–Kier alpha value is -0.0700. The van der Waals surface area contributed by atoms with Crippen molar-refractivity contribution in [3.8, 4) is 5.75 Å². The normalized spacial score (nSPS) is 22.6. The zero-order valence-electron chi connectivity index (χ0n) is 9.03. The molecule has 6 heteroatoms. The van der Waals surface area contributed by atoms with Crippen molar-refractivity contribution in [1.29, 1.82) is 0 Å². The Morgan fingerprint density at radius 3 is 2.76 bits per heavy atom. The fourth-order valence-corrected chi connectivity index (χ4v) is 4.34. The molecule has 17 heavy (non-hydrogen) atoms. The lowest BCUT2D eigenvalue weighted by atomic mass is 10.2. The third kappa shape index (κ3) is 3.23. The van der Waals surface area contributed by atoms with E-state index in [0.717, 1.165) is 15.8 Å². The maximum atomic E-state index is 11.4. The summed E-state index contributed by atoms with van der Waals surface area (Å²) in [6, 6.07) is 5.78. The van der Waals surface area contributed by atoms with Crippen molar-refractivity contribution < 1.29 is 13.2 Å². The fraction of sp³-hybridized carbons (Fsp3) is 0.455. The molecule has 0 saturated carbocycles. The number of alkyl halides is 1. The average Bonchev–Trinajstić information content (AvgIpc) is 2.61. The molecule has 94 valence electrons. The lowest BCUT2D eigenvalue weighted by molar-refractivity contribution is 0.226. The number of halogens is 2. The molecule has 0 spiro atoms. The van der Waals surface area contributed by atoms with Gasteiger partial charge < -0.3 is 4.74 Å². The SMILES string of the molecule is O=S1(=O)CCC(Oc2c(Br)cccc2CBr)C1. The third-order valence-corrected chi connectivity index (χ3v) is 5.63. The van der Waals surface area contributed by atoms with Crippen molar-refractivity contribution in [3.05, 3.63) is 28.2 Å². The fourth-order valence-electron chi connectivity index (χ4n) is 1.81. The minimum Gasteiger partial charge on any atom is -0.488 e. The number of ether oxygens (including phenoxy) is 1. The predicted molar refractivity (Wildman–Crippen MR) is 74.5 cm³/mol. The van der Waals surface area contributed by atoms with Crippen molar-refractivity contribution in [3.63, 3.8) is 0 Å². The molecule has 1 aromatic carbocycles. The first kappa shape index (κ1) is 13.4. The predicted octanol–water partition coefficient (Wildman–Crippen LogP) is 2.91. The van der Waals surface area contributed by atoms with E-state index in [1.807, 2.05) is 18.2 Å². The summed E-state index contributed by atoms with van der Waals surface area (Å²) in [5, 5.41) is 0.682. The lowest BCUT2D eigenvalue weighted by Crippen LogP contribution is -2.18. The average molecular weight is 384 g/mol. The van der Waals surface area contributed by atoms with Crippen LogP contribution >= 0.6 is 31.9 Å². The highest BCUT2D eigenvalue weighted by Gasteiger charge is 2.30. The van der Waals surface area contributed by atoms with E-state index in [-0.39, 0.29) is 17.6 Å². The first-order chi connectivity index (χ1) is 8.02. The van der Waals surface area contributed by atoms with Gasteiger partial charge in [0.15, 0.2) is 9.84 Å². The molecule has 0 N–H and O–H groups in total. The Labute approximate surface area is 118 Å². The maximum Gasteiger partial charge on any atom is 0.154 e. The zero-order valence-corrected chi connectivity index (χ0v) is 13.0. The Balaban J connectivity index is 2.19. The monoisotopic (exact) mass is 382 g/mol. The van der Waals surface area contributed by atoms with Crippen LogP contribution in [0.15, 0.2) is 22.7 Å². The molecule has 0 bridgehead atoms. The zero-order chi connectivity index (χ0) is 12.5. The van der Waals surface area contributed by atoms with Gasteiger partial charge in [-0.2, -0.15) is 0 Å². The van der Waals surface area contributed by atoms with Crippen LogP contribution in [0.3, 0.4) is 0 Å². The van der Waals surface area contributed by atoms with Crippen molar-refractivity contribution in [2.75, 3.05) is 11.5 Å². The van der Waals surface area contributed by atoms with Crippen molar-refractivity contribution >= 4 is 41.7 Å². The van der Waals surface area contributed by atoms with Crippen LogP contribution in [0.25, 0.3) is 0 Å². The number of para-hydroxylation sites is 1. The van der Waals surface area contributed by atoms with Gasteiger partial charge in [-0.15, -0.1) is 0 Å². The number of hydrogen-bond acceptors (Lipinski definition) is 3. The van der Waals surface area contributed by atoms with Gasteiger partial charge >= 0.3 is 0 Å². The molecule has 1 aromatic rings. The van der Waals surface area contributed by atoms with Gasteiger partial charge in [0, 0.05) is 10.9 Å². The topological polar surface area (TPSA) is 43.4 Å². The van der Waals surface area contributed by atoms with Crippen LogP contribution in [0.4, 0.5) is 0 Å². The summed E-state index contributed by atoms with van der Waals surface area (Å²) in [7, 11) is -2.90. The number of sulfone groups is 1. The largest absolute Gasteiger partial charge is 0.488 e. The van der Waals surface area contributed by atoms with Crippen LogP contribution in [0.2, 0.25) is 0 Å². The standard InChI is InChI=1S/C11H12Br2O3S/c12-6-8-2-1-3-10(13)11(8)16-9-4-5-17(14,15)7-9/h1-3,9H,4-7H2. The van der Waals surface area contributed by atoms with Gasteiger partial charge in [-0.1, -0.05) is 28.1 Å². The summed E-state index contributed by atoms with van der Waals surface area (Å²) in [4.78, 5) is 0. The van der Waals surface area contributed by atoms with Crippen LogP contribution < -0.4 is 4.74 Å². The summed E-state index contributed by atoms with van der Waals surface area (Å²) in [6.07, 6.45) is 0.349. The van der Waals surface area contributed by atoms with Crippen LogP contribution in [0.5, 0.6) is 5.75 Å². The molecule has 1 fully saturated rings. The summed E-state index contributed by atoms with van der Waals surface area (Å²) in [5.74, 6) is 1.09. The summed E-state index contributed by atoms with van der Waals surface area (Å²) >= 11 is 6.82. The van der Waals surface area contributed by atoms with E-state index in [2.05, 4.69) is 31.9 Å². The first-order valence-electron chi connectivity index (χ1n) is 5.22. The Morgan fingerprint density at radius 1 is 1.41 bits per heavy atom. The second-order valence-electron chi connectivity index (χ2n) is 4.00. The number of hydrogen-bond donors (Lipinski definition) is 0. The molecule has 3 nitrogen and oxygen atoms in total. The van der Waals surface area contributed by atoms with Crippen molar-refractivity contribution in [1.82, 2.24) is 0 Å². The van der Waals surface area contributed by atoms with Crippen molar-refractivity contribution in [2.24, 2.45) is 0 Å². The molecule has 0 aromatic heterocycles. The molecule has 0 aliphatic carbocycles. The summed E-state index contributed by atoms with van der Waals surface area (Å²) in [6.45, 7) is 0. The lowest BCUT2D eigenvalue weighted by Gasteiger charge is -2.16. The van der Waals surface area contributed by atoms with E-state index in [1.54, 1.807) is 0 Å². The van der Waals surface area contributed by atoms with Gasteiger partial charge in [0.1, 0.15) is 11.9 Å². The van der Waals surface area contributed by atoms with E-state index >= 15 is 0 Å². The Kier molecular flexibility index (Phi) is 4.15. The van der Waals surface area contributed by atoms with E-state index < -0.39 is 9.84 Å². The van der Waals surface area contributed by atoms with Gasteiger partial charge in [-0.3, -0.25) is 0 Å². The number of rotatable bonds is 3. The van der Waals surface area contributed by atoms with Crippen LogP contribution in [-0.4, -0.2) is 26.0 Å². The van der Waals surface area contributed by atoms with Crippen LogP contribution in [0.1, 0.15) is 12.0 Å². The quantitative estimate of drug-likeness (QED) is 0.753. The Bertz CT molecular complexity index is 513. The summed E-state index contributed by atoms with van der Waals surface area (Å²) in [5.41, 5.74) is 1.02.